The minimum atomic E-state index is -0.590. The van der Waals surface area contributed by atoms with Gasteiger partial charge >= 0.3 is 0 Å². The fraction of sp³-hybridized carbons (Fsp3) is 0.429. The Hall–Kier alpha value is -1.69. The first-order chi connectivity index (χ1) is 9.54. The van der Waals surface area contributed by atoms with E-state index in [2.05, 4.69) is 22.8 Å². The van der Waals surface area contributed by atoms with Gasteiger partial charge in [0.05, 0.1) is 11.4 Å². The van der Waals surface area contributed by atoms with Crippen molar-refractivity contribution in [2.75, 3.05) is 35.7 Å². The van der Waals surface area contributed by atoms with Gasteiger partial charge in [0, 0.05) is 32.8 Å². The van der Waals surface area contributed by atoms with Crippen LogP contribution in [-0.2, 0) is 9.59 Å². The average molecular weight is 293 g/mol. The second-order valence-electron chi connectivity index (χ2n) is 4.84. The van der Waals surface area contributed by atoms with Gasteiger partial charge in [-0.1, -0.05) is 12.1 Å². The third-order valence-corrected chi connectivity index (χ3v) is 3.73. The molecule has 0 aromatic heterocycles. The van der Waals surface area contributed by atoms with Crippen molar-refractivity contribution in [3.63, 3.8) is 0 Å². The van der Waals surface area contributed by atoms with Crippen molar-refractivity contribution in [2.24, 2.45) is 0 Å². The maximum absolute atomic E-state index is 12.6. The second kappa shape index (κ2) is 6.17. The number of benzene rings is 1. The van der Waals surface area contributed by atoms with Gasteiger partial charge in [0.2, 0.25) is 5.91 Å². The molecule has 0 bridgehead atoms. The number of likely N-dealkylation sites (N-methyl/N-ethyl adjacent to an activating group) is 1. The fourth-order valence-electron chi connectivity index (χ4n) is 2.35. The first kappa shape index (κ1) is 14.7. The van der Waals surface area contributed by atoms with E-state index in [1.807, 2.05) is 31.3 Å². The molecular weight excluding hydrogens is 274 g/mol. The Morgan fingerprint density at radius 2 is 1.95 bits per heavy atom. The molecule has 1 atom stereocenters. The number of nitrogens with one attached hydrogen (secondary N) is 1. The van der Waals surface area contributed by atoms with Crippen molar-refractivity contribution in [1.29, 1.82) is 0 Å². The molecule has 1 aliphatic heterocycles. The molecule has 5 nitrogen and oxygen atoms in total. The zero-order chi connectivity index (χ0) is 14.7. The fourth-order valence-corrected chi connectivity index (χ4v) is 2.60. The van der Waals surface area contributed by atoms with Crippen LogP contribution in [0.15, 0.2) is 24.3 Å². The summed E-state index contributed by atoms with van der Waals surface area (Å²) < 4.78 is 0. The minimum Gasteiger partial charge on any atom is -0.371 e. The molecule has 0 radical (unpaired) electrons. The summed E-state index contributed by atoms with van der Waals surface area (Å²) in [5.74, 6) is -0.0528. The Morgan fingerprint density at radius 3 is 2.55 bits per heavy atom. The van der Waals surface area contributed by atoms with Gasteiger partial charge in [-0.15, -0.1) is 0 Å². The van der Waals surface area contributed by atoms with Crippen LogP contribution in [0, 0.1) is 0 Å². The number of hydrogen-bond donors (Lipinski definition) is 2. The topological polar surface area (TPSA) is 52.7 Å². The molecule has 0 saturated heterocycles. The summed E-state index contributed by atoms with van der Waals surface area (Å²) >= 11 is 4.16. The van der Waals surface area contributed by atoms with Crippen LogP contribution in [-0.4, -0.2) is 43.7 Å². The van der Waals surface area contributed by atoms with E-state index >= 15 is 0 Å². The first-order valence-corrected chi connectivity index (χ1v) is 7.17. The van der Waals surface area contributed by atoms with E-state index in [0.29, 0.717) is 6.54 Å². The Kier molecular flexibility index (Phi) is 4.54. The Labute approximate surface area is 124 Å². The summed E-state index contributed by atoms with van der Waals surface area (Å²) in [7, 11) is 2.00. The maximum atomic E-state index is 12.6. The molecule has 0 spiro atoms. The van der Waals surface area contributed by atoms with Crippen molar-refractivity contribution in [2.45, 2.75) is 13.0 Å². The summed E-state index contributed by atoms with van der Waals surface area (Å²) in [6.07, 6.45) is 0. The third kappa shape index (κ3) is 2.90. The highest BCUT2D eigenvalue weighted by Gasteiger charge is 2.29. The number of anilines is 2. The van der Waals surface area contributed by atoms with E-state index in [1.165, 1.54) is 6.92 Å². The number of carbonyl (C=O) groups excluding carboxylic acids is 2. The third-order valence-electron chi connectivity index (χ3n) is 3.37. The maximum Gasteiger partial charge on any atom is 0.250 e. The standard InChI is InChI=1S/C14H19N3O2S/c1-10(18)15-11(9-20)14(19)17-8-7-16(2)12-5-3-4-6-13(12)17/h3-6,11,20H,7-9H2,1-2H3,(H,15,18). The number of hydrogen-bond acceptors (Lipinski definition) is 4. The van der Waals surface area contributed by atoms with Crippen LogP contribution < -0.4 is 15.1 Å². The van der Waals surface area contributed by atoms with E-state index in [0.717, 1.165) is 17.9 Å². The molecule has 108 valence electrons. The molecule has 1 unspecified atom stereocenters. The molecule has 2 amide bonds. The molecule has 20 heavy (non-hydrogen) atoms. The summed E-state index contributed by atoms with van der Waals surface area (Å²) in [4.78, 5) is 27.6. The van der Waals surface area contributed by atoms with Gasteiger partial charge in [0.25, 0.3) is 5.91 Å². The van der Waals surface area contributed by atoms with Crippen LogP contribution in [0.25, 0.3) is 0 Å². The molecule has 2 rings (SSSR count). The van der Waals surface area contributed by atoms with Gasteiger partial charge in [-0.2, -0.15) is 12.6 Å². The number of fused-ring (bicyclic) bond motifs is 1. The predicted octanol–water partition coefficient (Wildman–Crippen LogP) is 0.904. The molecule has 1 aromatic rings. The Morgan fingerprint density at radius 1 is 1.30 bits per heavy atom. The second-order valence-corrected chi connectivity index (χ2v) is 5.20. The molecular formula is C14H19N3O2S. The van der Waals surface area contributed by atoms with Crippen molar-refractivity contribution < 1.29 is 9.59 Å². The van der Waals surface area contributed by atoms with E-state index in [1.54, 1.807) is 4.90 Å². The van der Waals surface area contributed by atoms with Crippen molar-refractivity contribution in [3.8, 4) is 0 Å². The highest BCUT2D eigenvalue weighted by atomic mass is 32.1. The molecule has 0 saturated carbocycles. The van der Waals surface area contributed by atoms with Gasteiger partial charge in [-0.3, -0.25) is 9.59 Å². The van der Waals surface area contributed by atoms with Gasteiger partial charge in [-0.25, -0.2) is 0 Å². The molecule has 1 aromatic carbocycles. The molecule has 1 heterocycles. The van der Waals surface area contributed by atoms with E-state index in [-0.39, 0.29) is 17.6 Å². The molecule has 0 aliphatic carbocycles. The van der Waals surface area contributed by atoms with Crippen LogP contribution >= 0.6 is 12.6 Å². The normalized spacial score (nSPS) is 15.6. The number of carbonyl (C=O) groups is 2. The lowest BCUT2D eigenvalue weighted by molar-refractivity contribution is -0.125. The van der Waals surface area contributed by atoms with Gasteiger partial charge in [-0.05, 0) is 12.1 Å². The highest BCUT2D eigenvalue weighted by molar-refractivity contribution is 7.80. The van der Waals surface area contributed by atoms with Gasteiger partial charge in [0.15, 0.2) is 0 Å². The van der Waals surface area contributed by atoms with Crippen molar-refractivity contribution in [3.05, 3.63) is 24.3 Å². The number of thiol groups is 1. The lowest BCUT2D eigenvalue weighted by Crippen LogP contribution is -2.52. The summed E-state index contributed by atoms with van der Waals surface area (Å²) in [5, 5.41) is 2.65. The minimum absolute atomic E-state index is 0.115. The van der Waals surface area contributed by atoms with E-state index < -0.39 is 6.04 Å². The van der Waals surface area contributed by atoms with Crippen molar-refractivity contribution in [1.82, 2.24) is 5.32 Å². The predicted molar refractivity (Wildman–Crippen MR) is 83.5 cm³/mol. The highest BCUT2D eigenvalue weighted by Crippen LogP contribution is 2.32. The van der Waals surface area contributed by atoms with Gasteiger partial charge < -0.3 is 15.1 Å². The average Bonchev–Trinajstić information content (AvgIpc) is 2.44. The number of rotatable bonds is 3. The summed E-state index contributed by atoms with van der Waals surface area (Å²) in [6.45, 7) is 2.78. The van der Waals surface area contributed by atoms with Crippen molar-refractivity contribution >= 4 is 35.8 Å². The molecule has 1 N–H and O–H groups in total. The smallest absolute Gasteiger partial charge is 0.250 e. The van der Waals surface area contributed by atoms with E-state index in [4.69, 9.17) is 0 Å². The zero-order valence-electron chi connectivity index (χ0n) is 11.7. The largest absolute Gasteiger partial charge is 0.371 e. The Balaban J connectivity index is 2.27. The van der Waals surface area contributed by atoms with Crippen LogP contribution in [0.1, 0.15) is 6.92 Å². The lowest BCUT2D eigenvalue weighted by Gasteiger charge is -2.37. The van der Waals surface area contributed by atoms with Crippen LogP contribution in [0.2, 0.25) is 0 Å². The van der Waals surface area contributed by atoms with Crippen LogP contribution in [0.3, 0.4) is 0 Å². The molecule has 1 aliphatic rings. The Bertz CT molecular complexity index is 521. The number of amides is 2. The van der Waals surface area contributed by atoms with Crippen LogP contribution in [0.5, 0.6) is 0 Å². The van der Waals surface area contributed by atoms with E-state index in [9.17, 15) is 9.59 Å². The quantitative estimate of drug-likeness (QED) is 0.814. The monoisotopic (exact) mass is 293 g/mol. The molecule has 6 heteroatoms. The number of nitrogens with zero attached hydrogens (tertiary/aromatic N) is 2. The molecule has 0 fully saturated rings. The number of para-hydroxylation sites is 2. The lowest BCUT2D eigenvalue weighted by atomic mass is 10.1. The summed E-state index contributed by atoms with van der Waals surface area (Å²) in [6, 6.07) is 7.18. The van der Waals surface area contributed by atoms with Crippen LogP contribution in [0.4, 0.5) is 11.4 Å². The van der Waals surface area contributed by atoms with Gasteiger partial charge in [0.1, 0.15) is 6.04 Å². The summed E-state index contributed by atoms with van der Waals surface area (Å²) in [5.41, 5.74) is 1.90. The first-order valence-electron chi connectivity index (χ1n) is 6.54. The zero-order valence-corrected chi connectivity index (χ0v) is 12.6. The SMILES string of the molecule is CC(=O)NC(CS)C(=O)N1CCN(C)c2ccccc21.